The molecule has 1 atom stereocenters. The molecule has 0 aliphatic carbocycles. The Morgan fingerprint density at radius 2 is 2.18 bits per heavy atom. The van der Waals surface area contributed by atoms with Crippen LogP contribution in [0.4, 0.5) is 0 Å². The van der Waals surface area contributed by atoms with Gasteiger partial charge in [-0.25, -0.2) is 4.98 Å². The Bertz CT molecular complexity index is 1030. The second-order valence-electron chi connectivity index (χ2n) is 7.21. The van der Waals surface area contributed by atoms with Crippen molar-refractivity contribution in [3.63, 3.8) is 0 Å². The first-order valence-electron chi connectivity index (χ1n) is 9.37. The molecular formula is C20H22N4O3S. The van der Waals surface area contributed by atoms with Crippen LogP contribution in [0.25, 0.3) is 10.2 Å². The summed E-state index contributed by atoms with van der Waals surface area (Å²) in [6, 6.07) is 7.33. The van der Waals surface area contributed by atoms with Gasteiger partial charge >= 0.3 is 0 Å². The lowest BCUT2D eigenvalue weighted by Gasteiger charge is -2.33. The lowest BCUT2D eigenvalue weighted by atomic mass is 9.97. The molecule has 2 aromatic heterocycles. The van der Waals surface area contributed by atoms with Crippen molar-refractivity contribution in [2.45, 2.75) is 26.7 Å². The Balaban J connectivity index is 1.38. The van der Waals surface area contributed by atoms with Crippen LogP contribution in [-0.2, 0) is 0 Å². The summed E-state index contributed by atoms with van der Waals surface area (Å²) in [5.74, 6) is 0.604. The number of aromatic nitrogens is 2. The standard InChI is InChI=1S/C20H22N4O3S/c1-12-8-17(23-27-12)19(25)21-10-14-4-3-7-24(11-14)20(26)15-5-6-18-16(9-15)22-13(2)28-18/h5-6,8-9,14H,3-4,7,10-11H2,1-2H3,(H,21,25). The molecule has 0 radical (unpaired) electrons. The second-order valence-corrected chi connectivity index (χ2v) is 8.44. The van der Waals surface area contributed by atoms with Crippen LogP contribution < -0.4 is 5.32 Å². The van der Waals surface area contributed by atoms with Crippen molar-refractivity contribution >= 4 is 33.4 Å². The summed E-state index contributed by atoms with van der Waals surface area (Å²) in [4.78, 5) is 31.5. The Kier molecular flexibility index (Phi) is 5.13. The van der Waals surface area contributed by atoms with E-state index in [2.05, 4.69) is 15.5 Å². The van der Waals surface area contributed by atoms with Gasteiger partial charge in [-0.1, -0.05) is 5.16 Å². The van der Waals surface area contributed by atoms with E-state index in [1.165, 1.54) is 0 Å². The Morgan fingerprint density at radius 3 is 2.96 bits per heavy atom. The summed E-state index contributed by atoms with van der Waals surface area (Å²) >= 11 is 1.63. The summed E-state index contributed by atoms with van der Waals surface area (Å²) in [5.41, 5.74) is 1.82. The van der Waals surface area contributed by atoms with Gasteiger partial charge in [-0.15, -0.1) is 11.3 Å². The van der Waals surface area contributed by atoms with Crippen LogP contribution in [0.2, 0.25) is 0 Å². The second kappa shape index (κ2) is 7.71. The third kappa shape index (κ3) is 3.91. The average Bonchev–Trinajstić information content (AvgIpc) is 3.29. The number of amides is 2. The summed E-state index contributed by atoms with van der Waals surface area (Å²) in [7, 11) is 0. The topological polar surface area (TPSA) is 88.3 Å². The van der Waals surface area contributed by atoms with Crippen molar-refractivity contribution in [2.75, 3.05) is 19.6 Å². The molecule has 3 aromatic rings. The minimum atomic E-state index is -0.246. The van der Waals surface area contributed by atoms with E-state index in [0.717, 1.165) is 34.6 Å². The van der Waals surface area contributed by atoms with Crippen LogP contribution in [0.3, 0.4) is 0 Å². The first kappa shape index (κ1) is 18.6. The molecule has 0 saturated carbocycles. The van der Waals surface area contributed by atoms with Crippen LogP contribution in [0.5, 0.6) is 0 Å². The fourth-order valence-electron chi connectivity index (χ4n) is 3.58. The number of nitrogens with one attached hydrogen (secondary N) is 1. The highest BCUT2D eigenvalue weighted by atomic mass is 32.1. The van der Waals surface area contributed by atoms with E-state index < -0.39 is 0 Å². The van der Waals surface area contributed by atoms with Crippen molar-refractivity contribution in [1.82, 2.24) is 20.4 Å². The molecule has 0 bridgehead atoms. The normalized spacial score (nSPS) is 17.1. The number of fused-ring (bicyclic) bond motifs is 1. The third-order valence-corrected chi connectivity index (χ3v) is 5.91. The van der Waals surface area contributed by atoms with Gasteiger partial charge in [0.15, 0.2) is 5.69 Å². The molecule has 0 spiro atoms. The average molecular weight is 398 g/mol. The zero-order valence-electron chi connectivity index (χ0n) is 15.9. The predicted molar refractivity (Wildman–Crippen MR) is 107 cm³/mol. The van der Waals surface area contributed by atoms with Crippen LogP contribution in [-0.4, -0.2) is 46.5 Å². The zero-order chi connectivity index (χ0) is 19.7. The maximum Gasteiger partial charge on any atom is 0.273 e. The first-order valence-corrected chi connectivity index (χ1v) is 10.2. The van der Waals surface area contributed by atoms with E-state index >= 15 is 0 Å². The van der Waals surface area contributed by atoms with E-state index in [1.54, 1.807) is 24.3 Å². The van der Waals surface area contributed by atoms with Crippen molar-refractivity contribution in [3.8, 4) is 0 Å². The molecule has 1 unspecified atom stereocenters. The zero-order valence-corrected chi connectivity index (χ0v) is 16.7. The van der Waals surface area contributed by atoms with Crippen molar-refractivity contribution in [3.05, 3.63) is 46.3 Å². The number of hydrogen-bond acceptors (Lipinski definition) is 6. The SMILES string of the molecule is Cc1cc(C(=O)NCC2CCCN(C(=O)c3ccc4sc(C)nc4c3)C2)no1. The van der Waals surface area contributed by atoms with E-state index in [9.17, 15) is 9.59 Å². The van der Waals surface area contributed by atoms with E-state index in [1.807, 2.05) is 30.0 Å². The largest absolute Gasteiger partial charge is 0.361 e. The number of thiazole rings is 1. The van der Waals surface area contributed by atoms with Gasteiger partial charge in [0.25, 0.3) is 11.8 Å². The van der Waals surface area contributed by atoms with Gasteiger partial charge in [0.1, 0.15) is 5.76 Å². The van der Waals surface area contributed by atoms with Crippen LogP contribution in [0, 0.1) is 19.8 Å². The molecule has 1 fully saturated rings. The number of carbonyl (C=O) groups is 2. The molecule has 1 aromatic carbocycles. The third-order valence-electron chi connectivity index (χ3n) is 4.96. The summed E-state index contributed by atoms with van der Waals surface area (Å²) < 4.78 is 6.03. The fourth-order valence-corrected chi connectivity index (χ4v) is 4.38. The van der Waals surface area contributed by atoms with Gasteiger partial charge in [-0.2, -0.15) is 0 Å². The van der Waals surface area contributed by atoms with Gasteiger partial charge in [0.2, 0.25) is 0 Å². The van der Waals surface area contributed by atoms with E-state index in [0.29, 0.717) is 24.4 Å². The molecule has 4 rings (SSSR count). The van der Waals surface area contributed by atoms with Crippen LogP contribution in [0.15, 0.2) is 28.8 Å². The molecule has 28 heavy (non-hydrogen) atoms. The Hall–Kier alpha value is -2.74. The molecule has 3 heterocycles. The van der Waals surface area contributed by atoms with E-state index in [4.69, 9.17) is 4.52 Å². The minimum absolute atomic E-state index is 0.0238. The number of nitrogens with zero attached hydrogens (tertiary/aromatic N) is 3. The molecule has 1 aliphatic rings. The molecule has 7 nitrogen and oxygen atoms in total. The van der Waals surface area contributed by atoms with Gasteiger partial charge in [-0.3, -0.25) is 9.59 Å². The van der Waals surface area contributed by atoms with Gasteiger partial charge < -0.3 is 14.7 Å². The first-order chi connectivity index (χ1) is 13.5. The number of carbonyl (C=O) groups excluding carboxylic acids is 2. The van der Waals surface area contributed by atoms with Gasteiger partial charge in [0, 0.05) is 31.3 Å². The number of likely N-dealkylation sites (tertiary alicyclic amines) is 1. The number of aryl methyl sites for hydroxylation is 2. The molecule has 1 aliphatic heterocycles. The van der Waals surface area contributed by atoms with Gasteiger partial charge in [-0.05, 0) is 50.8 Å². The number of piperidine rings is 1. The van der Waals surface area contributed by atoms with Crippen molar-refractivity contribution in [2.24, 2.45) is 5.92 Å². The maximum atomic E-state index is 12.9. The fraction of sp³-hybridized carbons (Fsp3) is 0.400. The molecular weight excluding hydrogens is 376 g/mol. The molecule has 2 amide bonds. The van der Waals surface area contributed by atoms with Gasteiger partial charge in [0.05, 0.1) is 15.2 Å². The van der Waals surface area contributed by atoms with Crippen molar-refractivity contribution < 1.29 is 14.1 Å². The minimum Gasteiger partial charge on any atom is -0.361 e. The monoisotopic (exact) mass is 398 g/mol. The molecule has 1 saturated heterocycles. The quantitative estimate of drug-likeness (QED) is 0.729. The van der Waals surface area contributed by atoms with Crippen molar-refractivity contribution in [1.29, 1.82) is 0 Å². The summed E-state index contributed by atoms with van der Waals surface area (Å²) in [5, 5.41) is 7.63. The highest BCUT2D eigenvalue weighted by Crippen LogP contribution is 2.24. The summed E-state index contributed by atoms with van der Waals surface area (Å²) in [6.07, 6.45) is 1.90. The Morgan fingerprint density at radius 1 is 1.32 bits per heavy atom. The smallest absolute Gasteiger partial charge is 0.273 e. The maximum absolute atomic E-state index is 12.9. The number of benzene rings is 1. The predicted octanol–water partition coefficient (Wildman–Crippen LogP) is 3.18. The lowest BCUT2D eigenvalue weighted by Crippen LogP contribution is -2.43. The Labute approximate surface area is 166 Å². The highest BCUT2D eigenvalue weighted by molar-refractivity contribution is 7.18. The highest BCUT2D eigenvalue weighted by Gasteiger charge is 2.25. The lowest BCUT2D eigenvalue weighted by molar-refractivity contribution is 0.0671. The number of hydrogen-bond donors (Lipinski definition) is 1. The summed E-state index contributed by atoms with van der Waals surface area (Å²) in [6.45, 7) is 5.60. The van der Waals surface area contributed by atoms with Crippen LogP contribution in [0.1, 0.15) is 44.5 Å². The molecule has 146 valence electrons. The molecule has 1 N–H and O–H groups in total. The number of rotatable bonds is 4. The van der Waals surface area contributed by atoms with Crippen LogP contribution >= 0.6 is 11.3 Å². The molecule has 8 heteroatoms. The van der Waals surface area contributed by atoms with E-state index in [-0.39, 0.29) is 23.4 Å².